The van der Waals surface area contributed by atoms with Gasteiger partial charge in [0, 0.05) is 10.9 Å². The molecule has 4 atom stereocenters. The molecule has 0 saturated heterocycles. The van der Waals surface area contributed by atoms with E-state index in [1.54, 1.807) is 5.56 Å². The van der Waals surface area contributed by atoms with Crippen LogP contribution in [0.4, 0.5) is 0 Å². The lowest BCUT2D eigenvalue weighted by molar-refractivity contribution is 0.279. The lowest BCUT2D eigenvalue weighted by Crippen LogP contribution is -2.26. The summed E-state index contributed by atoms with van der Waals surface area (Å²) in [6.45, 7) is 5.64. The van der Waals surface area contributed by atoms with E-state index in [4.69, 9.17) is 0 Å². The van der Waals surface area contributed by atoms with Gasteiger partial charge in [-0.1, -0.05) is 13.3 Å². The maximum Gasteiger partial charge on any atom is 0.0331 e. The molecule has 0 aliphatic heterocycles. The highest BCUT2D eigenvalue weighted by Gasteiger charge is 2.40. The Hall–Kier alpha value is -0.340. The van der Waals surface area contributed by atoms with Crippen molar-refractivity contribution in [2.75, 3.05) is 6.54 Å². The molecule has 1 nitrogen and oxygen atoms in total. The average Bonchev–Trinajstić information content (AvgIpc) is 3.10. The predicted octanol–water partition coefficient (Wildman–Crippen LogP) is 4.92. The summed E-state index contributed by atoms with van der Waals surface area (Å²) in [5.74, 6) is 3.12. The summed E-state index contributed by atoms with van der Waals surface area (Å²) in [6.07, 6.45) is 8.68. The lowest BCUT2D eigenvalue weighted by atomic mass is 9.83. The maximum absolute atomic E-state index is 3.79. The van der Waals surface area contributed by atoms with Gasteiger partial charge in [0.1, 0.15) is 0 Å². The summed E-state index contributed by atoms with van der Waals surface area (Å²) in [5.41, 5.74) is 1.54. The Kier molecular flexibility index (Phi) is 4.28. The first kappa shape index (κ1) is 13.6. The van der Waals surface area contributed by atoms with Gasteiger partial charge in [0.05, 0.1) is 0 Å². The van der Waals surface area contributed by atoms with Gasteiger partial charge >= 0.3 is 0 Å². The topological polar surface area (TPSA) is 12.0 Å². The average molecular weight is 277 g/mol. The Morgan fingerprint density at radius 2 is 2.26 bits per heavy atom. The number of hydrogen-bond donors (Lipinski definition) is 1. The van der Waals surface area contributed by atoms with Crippen LogP contribution in [0.2, 0.25) is 0 Å². The molecule has 3 rings (SSSR count). The minimum absolute atomic E-state index is 0.606. The van der Waals surface area contributed by atoms with E-state index in [-0.39, 0.29) is 0 Å². The van der Waals surface area contributed by atoms with Crippen LogP contribution in [0.1, 0.15) is 61.9 Å². The molecule has 0 spiro atoms. The van der Waals surface area contributed by atoms with Crippen LogP contribution in [0.3, 0.4) is 0 Å². The number of fused-ring (bicyclic) bond motifs is 2. The molecule has 2 saturated carbocycles. The molecular weight excluding hydrogens is 250 g/mol. The number of hydrogen-bond acceptors (Lipinski definition) is 2. The quantitative estimate of drug-likeness (QED) is 0.778. The fourth-order valence-electron chi connectivity index (χ4n) is 4.27. The molecule has 4 unspecified atom stereocenters. The molecule has 1 aromatic rings. The summed E-state index contributed by atoms with van der Waals surface area (Å²) >= 11 is 1.90. The molecule has 2 heteroatoms. The van der Waals surface area contributed by atoms with Crippen LogP contribution in [0.5, 0.6) is 0 Å². The minimum atomic E-state index is 0.606. The van der Waals surface area contributed by atoms with Crippen LogP contribution in [-0.2, 0) is 0 Å². The third kappa shape index (κ3) is 3.05. The molecule has 2 aliphatic carbocycles. The Labute approximate surface area is 121 Å². The molecule has 2 fully saturated rings. The van der Waals surface area contributed by atoms with Crippen LogP contribution < -0.4 is 5.32 Å². The summed E-state index contributed by atoms with van der Waals surface area (Å²) in [5, 5.41) is 6.16. The molecule has 0 aromatic carbocycles. The zero-order valence-corrected chi connectivity index (χ0v) is 13.1. The van der Waals surface area contributed by atoms with Crippen molar-refractivity contribution in [2.24, 2.45) is 17.8 Å². The van der Waals surface area contributed by atoms with E-state index in [1.165, 1.54) is 43.4 Å². The first-order chi connectivity index (χ1) is 9.26. The van der Waals surface area contributed by atoms with Gasteiger partial charge in [-0.05, 0) is 80.3 Å². The molecule has 0 amide bonds. The zero-order valence-electron chi connectivity index (χ0n) is 12.3. The Bertz CT molecular complexity index is 411. The monoisotopic (exact) mass is 277 g/mol. The van der Waals surface area contributed by atoms with E-state index < -0.39 is 0 Å². The van der Waals surface area contributed by atoms with Crippen molar-refractivity contribution in [1.29, 1.82) is 0 Å². The standard InChI is InChI=1S/C17H27NS/c1-3-6-18-17(16-7-12(2)19-11-16)10-15-9-13-4-5-14(15)8-13/h7,11,13-15,17-18H,3-6,8-10H2,1-2H3. The predicted molar refractivity (Wildman–Crippen MR) is 83.6 cm³/mol. The van der Waals surface area contributed by atoms with Crippen molar-refractivity contribution in [3.63, 3.8) is 0 Å². The summed E-state index contributed by atoms with van der Waals surface area (Å²) < 4.78 is 0. The highest BCUT2D eigenvalue weighted by Crippen LogP contribution is 2.51. The van der Waals surface area contributed by atoms with Crippen LogP contribution in [-0.4, -0.2) is 6.54 Å². The van der Waals surface area contributed by atoms with Gasteiger partial charge in [-0.25, -0.2) is 0 Å². The maximum atomic E-state index is 3.79. The van der Waals surface area contributed by atoms with Crippen molar-refractivity contribution < 1.29 is 0 Å². The van der Waals surface area contributed by atoms with Gasteiger partial charge < -0.3 is 5.32 Å². The second-order valence-electron chi connectivity index (χ2n) is 6.67. The third-order valence-electron chi connectivity index (χ3n) is 5.22. The fourth-order valence-corrected chi connectivity index (χ4v) is 5.03. The minimum Gasteiger partial charge on any atom is -0.310 e. The Morgan fingerprint density at radius 1 is 1.37 bits per heavy atom. The van der Waals surface area contributed by atoms with Crippen molar-refractivity contribution in [3.05, 3.63) is 21.9 Å². The van der Waals surface area contributed by atoms with Gasteiger partial charge in [0.15, 0.2) is 0 Å². The van der Waals surface area contributed by atoms with Gasteiger partial charge in [-0.2, -0.15) is 0 Å². The number of aryl methyl sites for hydroxylation is 1. The van der Waals surface area contributed by atoms with Gasteiger partial charge in [-0.3, -0.25) is 0 Å². The van der Waals surface area contributed by atoms with Crippen molar-refractivity contribution in [2.45, 2.75) is 58.4 Å². The van der Waals surface area contributed by atoms with Crippen LogP contribution >= 0.6 is 11.3 Å². The molecule has 1 heterocycles. The lowest BCUT2D eigenvalue weighted by Gasteiger charge is -2.27. The van der Waals surface area contributed by atoms with Crippen molar-refractivity contribution >= 4 is 11.3 Å². The van der Waals surface area contributed by atoms with Crippen molar-refractivity contribution in [3.8, 4) is 0 Å². The largest absolute Gasteiger partial charge is 0.310 e. The van der Waals surface area contributed by atoms with E-state index in [9.17, 15) is 0 Å². The summed E-state index contributed by atoms with van der Waals surface area (Å²) in [4.78, 5) is 1.45. The molecule has 2 aliphatic rings. The zero-order chi connectivity index (χ0) is 13.2. The van der Waals surface area contributed by atoms with Crippen LogP contribution in [0.25, 0.3) is 0 Å². The molecule has 106 valence electrons. The van der Waals surface area contributed by atoms with Crippen LogP contribution in [0, 0.1) is 24.7 Å². The molecule has 1 N–H and O–H groups in total. The molecular formula is C17H27NS. The Morgan fingerprint density at radius 3 is 2.84 bits per heavy atom. The second-order valence-corrected chi connectivity index (χ2v) is 7.78. The first-order valence-electron chi connectivity index (χ1n) is 8.04. The van der Waals surface area contributed by atoms with Crippen LogP contribution in [0.15, 0.2) is 11.4 Å². The van der Waals surface area contributed by atoms with E-state index in [0.717, 1.165) is 24.3 Å². The number of nitrogens with one attached hydrogen (secondary N) is 1. The highest BCUT2D eigenvalue weighted by molar-refractivity contribution is 7.10. The SMILES string of the molecule is CCCNC(CC1CC2CCC1C2)c1csc(C)c1. The van der Waals surface area contributed by atoms with E-state index in [0.29, 0.717) is 6.04 Å². The van der Waals surface area contributed by atoms with Gasteiger partial charge in [-0.15, -0.1) is 11.3 Å². The molecule has 2 bridgehead atoms. The number of rotatable bonds is 6. The molecule has 19 heavy (non-hydrogen) atoms. The Balaban J connectivity index is 1.65. The number of thiophene rings is 1. The normalized spacial score (nSPS) is 30.9. The smallest absolute Gasteiger partial charge is 0.0331 e. The third-order valence-corrected chi connectivity index (χ3v) is 6.10. The van der Waals surface area contributed by atoms with Gasteiger partial charge in [0.2, 0.25) is 0 Å². The van der Waals surface area contributed by atoms with E-state index in [1.807, 2.05) is 11.3 Å². The highest BCUT2D eigenvalue weighted by atomic mass is 32.1. The summed E-state index contributed by atoms with van der Waals surface area (Å²) in [7, 11) is 0. The van der Waals surface area contributed by atoms with E-state index >= 15 is 0 Å². The van der Waals surface area contributed by atoms with Gasteiger partial charge in [0.25, 0.3) is 0 Å². The molecule has 1 aromatic heterocycles. The fraction of sp³-hybridized carbons (Fsp3) is 0.765. The van der Waals surface area contributed by atoms with E-state index in [2.05, 4.69) is 30.6 Å². The first-order valence-corrected chi connectivity index (χ1v) is 8.92. The van der Waals surface area contributed by atoms with Crippen molar-refractivity contribution in [1.82, 2.24) is 5.32 Å². The summed E-state index contributed by atoms with van der Waals surface area (Å²) in [6, 6.07) is 3.00. The molecule has 0 radical (unpaired) electrons. The second kappa shape index (κ2) is 5.97.